The van der Waals surface area contributed by atoms with Crippen LogP contribution in [0, 0.1) is 0 Å². The fraction of sp³-hybridized carbons (Fsp3) is 0.217. The standard InChI is InChI=1S/C23H23N5O/c24-22(29)19-7-8-20-21(14-19)26-23(25-20)28-11-9-27(10-12-28)15-16-5-6-17-3-1-2-4-18(17)13-16/h1-8,13-14H,9-12,15H2,(H2,24,29)(H,25,26). The van der Waals surface area contributed by atoms with Crippen molar-refractivity contribution in [2.45, 2.75) is 6.54 Å². The first kappa shape index (κ1) is 17.7. The summed E-state index contributed by atoms with van der Waals surface area (Å²) in [5.41, 5.74) is 8.89. The first-order valence-electron chi connectivity index (χ1n) is 9.90. The number of benzene rings is 3. The Hall–Kier alpha value is -3.38. The number of H-pyrrole nitrogens is 1. The fourth-order valence-corrected chi connectivity index (χ4v) is 4.01. The molecule has 5 rings (SSSR count). The van der Waals surface area contributed by atoms with E-state index in [0.29, 0.717) is 5.56 Å². The van der Waals surface area contributed by atoms with Gasteiger partial charge in [-0.05, 0) is 40.6 Å². The second kappa shape index (κ2) is 7.22. The van der Waals surface area contributed by atoms with E-state index in [1.807, 2.05) is 6.07 Å². The Labute approximate surface area is 168 Å². The van der Waals surface area contributed by atoms with E-state index in [-0.39, 0.29) is 0 Å². The second-order valence-corrected chi connectivity index (χ2v) is 7.60. The Morgan fingerprint density at radius 1 is 0.966 bits per heavy atom. The number of nitrogens with two attached hydrogens (primary N) is 1. The molecule has 0 bridgehead atoms. The smallest absolute Gasteiger partial charge is 0.248 e. The number of hydrogen-bond acceptors (Lipinski definition) is 4. The van der Waals surface area contributed by atoms with E-state index < -0.39 is 5.91 Å². The van der Waals surface area contributed by atoms with Crippen molar-refractivity contribution in [1.82, 2.24) is 14.9 Å². The summed E-state index contributed by atoms with van der Waals surface area (Å²) < 4.78 is 0. The lowest BCUT2D eigenvalue weighted by atomic mass is 10.1. The van der Waals surface area contributed by atoms with Crippen molar-refractivity contribution in [3.63, 3.8) is 0 Å². The van der Waals surface area contributed by atoms with Gasteiger partial charge < -0.3 is 15.6 Å². The molecular weight excluding hydrogens is 362 g/mol. The van der Waals surface area contributed by atoms with Gasteiger partial charge in [-0.3, -0.25) is 9.69 Å². The highest BCUT2D eigenvalue weighted by Gasteiger charge is 2.20. The van der Waals surface area contributed by atoms with Crippen LogP contribution in [0.2, 0.25) is 0 Å². The van der Waals surface area contributed by atoms with E-state index in [0.717, 1.165) is 49.7 Å². The van der Waals surface area contributed by atoms with Crippen LogP contribution in [-0.2, 0) is 6.54 Å². The Bertz CT molecular complexity index is 1190. The van der Waals surface area contributed by atoms with Gasteiger partial charge in [0, 0.05) is 38.3 Å². The number of piperazine rings is 1. The first-order chi connectivity index (χ1) is 14.2. The molecule has 0 radical (unpaired) electrons. The van der Waals surface area contributed by atoms with Gasteiger partial charge in [0.15, 0.2) is 0 Å². The number of carbonyl (C=O) groups excluding carboxylic acids is 1. The lowest BCUT2D eigenvalue weighted by Crippen LogP contribution is -2.46. The zero-order valence-electron chi connectivity index (χ0n) is 16.1. The minimum Gasteiger partial charge on any atom is -0.366 e. The molecule has 3 aromatic carbocycles. The van der Waals surface area contributed by atoms with E-state index in [1.54, 1.807) is 12.1 Å². The van der Waals surface area contributed by atoms with E-state index >= 15 is 0 Å². The molecule has 4 aromatic rings. The summed E-state index contributed by atoms with van der Waals surface area (Å²) >= 11 is 0. The van der Waals surface area contributed by atoms with Crippen LogP contribution in [-0.4, -0.2) is 47.0 Å². The number of hydrogen-bond donors (Lipinski definition) is 2. The van der Waals surface area contributed by atoms with Crippen LogP contribution in [0.3, 0.4) is 0 Å². The summed E-state index contributed by atoms with van der Waals surface area (Å²) in [5.74, 6) is 0.422. The average Bonchev–Trinajstić information content (AvgIpc) is 3.17. The summed E-state index contributed by atoms with van der Waals surface area (Å²) in [7, 11) is 0. The molecule has 0 spiro atoms. The number of aromatic nitrogens is 2. The predicted molar refractivity (Wildman–Crippen MR) is 116 cm³/mol. The zero-order valence-corrected chi connectivity index (χ0v) is 16.1. The number of imidazole rings is 1. The quantitative estimate of drug-likeness (QED) is 0.566. The van der Waals surface area contributed by atoms with E-state index in [2.05, 4.69) is 62.2 Å². The van der Waals surface area contributed by atoms with Crippen molar-refractivity contribution in [1.29, 1.82) is 0 Å². The largest absolute Gasteiger partial charge is 0.366 e. The van der Waals surface area contributed by atoms with Crippen molar-refractivity contribution >= 4 is 33.7 Å². The molecule has 1 aliphatic heterocycles. The molecule has 1 aromatic heterocycles. The van der Waals surface area contributed by atoms with Gasteiger partial charge in [-0.15, -0.1) is 0 Å². The topological polar surface area (TPSA) is 78.2 Å². The first-order valence-corrected chi connectivity index (χ1v) is 9.90. The van der Waals surface area contributed by atoms with Gasteiger partial charge in [0.2, 0.25) is 11.9 Å². The SMILES string of the molecule is NC(=O)c1ccc2[nH]c(N3CCN(Cc4ccc5ccccc5c4)CC3)nc2c1. The number of amides is 1. The maximum atomic E-state index is 11.4. The Kier molecular flexibility index (Phi) is 4.41. The lowest BCUT2D eigenvalue weighted by Gasteiger charge is -2.34. The molecule has 0 atom stereocenters. The third-order valence-electron chi connectivity index (χ3n) is 5.65. The Balaban J connectivity index is 1.26. The number of nitrogens with zero attached hydrogens (tertiary/aromatic N) is 3. The molecule has 2 heterocycles. The number of primary amides is 1. The van der Waals surface area contributed by atoms with Gasteiger partial charge in [-0.25, -0.2) is 4.98 Å². The summed E-state index contributed by atoms with van der Waals surface area (Å²) in [6.07, 6.45) is 0. The van der Waals surface area contributed by atoms with Gasteiger partial charge in [-0.2, -0.15) is 0 Å². The molecule has 1 fully saturated rings. The molecular formula is C23H23N5O. The fourth-order valence-electron chi connectivity index (χ4n) is 4.01. The van der Waals surface area contributed by atoms with Gasteiger partial charge in [0.25, 0.3) is 0 Å². The number of nitrogens with one attached hydrogen (secondary N) is 1. The molecule has 6 nitrogen and oxygen atoms in total. The van der Waals surface area contributed by atoms with E-state index in [4.69, 9.17) is 5.73 Å². The Morgan fingerprint density at radius 2 is 1.76 bits per heavy atom. The predicted octanol–water partition coefficient (Wildman–Crippen LogP) is 3.14. The van der Waals surface area contributed by atoms with Crippen molar-refractivity contribution in [3.05, 3.63) is 71.8 Å². The average molecular weight is 385 g/mol. The normalized spacial score (nSPS) is 15.2. The monoisotopic (exact) mass is 385 g/mol. The number of rotatable bonds is 4. The number of fused-ring (bicyclic) bond motifs is 2. The molecule has 0 saturated carbocycles. The molecule has 6 heteroatoms. The van der Waals surface area contributed by atoms with Crippen molar-refractivity contribution in [2.24, 2.45) is 5.73 Å². The summed E-state index contributed by atoms with van der Waals surface area (Å²) in [5, 5.41) is 2.58. The van der Waals surface area contributed by atoms with Crippen LogP contribution in [0.15, 0.2) is 60.7 Å². The maximum Gasteiger partial charge on any atom is 0.248 e. The van der Waals surface area contributed by atoms with Gasteiger partial charge in [0.1, 0.15) is 0 Å². The number of carbonyl (C=O) groups is 1. The van der Waals surface area contributed by atoms with Gasteiger partial charge >= 0.3 is 0 Å². The summed E-state index contributed by atoms with van der Waals surface area (Å²) in [6, 6.07) is 20.5. The molecule has 0 aliphatic carbocycles. The highest BCUT2D eigenvalue weighted by molar-refractivity contribution is 5.96. The van der Waals surface area contributed by atoms with Crippen LogP contribution in [0.4, 0.5) is 5.95 Å². The molecule has 1 saturated heterocycles. The molecule has 1 aliphatic rings. The summed E-state index contributed by atoms with van der Waals surface area (Å²) in [6.45, 7) is 4.75. The van der Waals surface area contributed by atoms with Crippen LogP contribution >= 0.6 is 0 Å². The van der Waals surface area contributed by atoms with Crippen molar-refractivity contribution < 1.29 is 4.79 Å². The van der Waals surface area contributed by atoms with Crippen LogP contribution < -0.4 is 10.6 Å². The van der Waals surface area contributed by atoms with Crippen LogP contribution in [0.25, 0.3) is 21.8 Å². The minimum atomic E-state index is -0.432. The van der Waals surface area contributed by atoms with Crippen LogP contribution in [0.1, 0.15) is 15.9 Å². The third-order valence-corrected chi connectivity index (χ3v) is 5.65. The summed E-state index contributed by atoms with van der Waals surface area (Å²) in [4.78, 5) is 24.2. The molecule has 29 heavy (non-hydrogen) atoms. The van der Waals surface area contributed by atoms with Crippen LogP contribution in [0.5, 0.6) is 0 Å². The highest BCUT2D eigenvalue weighted by atomic mass is 16.1. The number of aromatic amines is 1. The Morgan fingerprint density at radius 3 is 2.55 bits per heavy atom. The molecule has 3 N–H and O–H groups in total. The highest BCUT2D eigenvalue weighted by Crippen LogP contribution is 2.21. The minimum absolute atomic E-state index is 0.432. The van der Waals surface area contributed by atoms with Gasteiger partial charge in [-0.1, -0.05) is 36.4 Å². The number of anilines is 1. The zero-order chi connectivity index (χ0) is 19.8. The van der Waals surface area contributed by atoms with E-state index in [9.17, 15) is 4.79 Å². The van der Waals surface area contributed by atoms with Crippen molar-refractivity contribution in [3.8, 4) is 0 Å². The second-order valence-electron chi connectivity index (χ2n) is 7.60. The maximum absolute atomic E-state index is 11.4. The van der Waals surface area contributed by atoms with Gasteiger partial charge in [0.05, 0.1) is 11.0 Å². The molecule has 146 valence electrons. The van der Waals surface area contributed by atoms with E-state index in [1.165, 1.54) is 16.3 Å². The van der Waals surface area contributed by atoms with Crippen molar-refractivity contribution in [2.75, 3.05) is 31.1 Å². The molecule has 0 unspecified atom stereocenters. The lowest BCUT2D eigenvalue weighted by molar-refractivity contribution is 0.100. The molecule has 1 amide bonds. The third kappa shape index (κ3) is 3.54.